The molecule has 0 spiro atoms. The summed E-state index contributed by atoms with van der Waals surface area (Å²) in [4.78, 5) is 0. The molecule has 0 aliphatic heterocycles. The molecule has 11 heavy (non-hydrogen) atoms. The van der Waals surface area contributed by atoms with Crippen molar-refractivity contribution in [1.29, 1.82) is 0 Å². The number of thiophene rings is 1. The molecule has 0 fully saturated rings. The lowest BCUT2D eigenvalue weighted by Crippen LogP contribution is -1.85. The van der Waals surface area contributed by atoms with E-state index in [0.29, 0.717) is 9.50 Å². The van der Waals surface area contributed by atoms with Crippen LogP contribution >= 0.6 is 49.6 Å². The summed E-state index contributed by atoms with van der Waals surface area (Å²) in [5.41, 5.74) is 0. The van der Waals surface area contributed by atoms with E-state index in [1.54, 1.807) is 0 Å². The summed E-state index contributed by atoms with van der Waals surface area (Å²) in [5.74, 6) is 0. The van der Waals surface area contributed by atoms with Crippen molar-refractivity contribution in [1.82, 2.24) is 0 Å². The van der Waals surface area contributed by atoms with Crippen molar-refractivity contribution < 1.29 is 8.42 Å². The molecule has 0 unspecified atom stereocenters. The topological polar surface area (TPSA) is 34.1 Å². The van der Waals surface area contributed by atoms with Crippen LogP contribution in [0.1, 0.15) is 0 Å². The van der Waals surface area contributed by atoms with Gasteiger partial charge in [-0.2, -0.15) is 0 Å². The maximum Gasteiger partial charge on any atom is 0.271 e. The van der Waals surface area contributed by atoms with E-state index in [1.165, 1.54) is 5.38 Å². The fourth-order valence-electron chi connectivity index (χ4n) is 0.471. The van der Waals surface area contributed by atoms with Gasteiger partial charge in [-0.05, 0) is 15.9 Å². The van der Waals surface area contributed by atoms with Crippen molar-refractivity contribution in [2.45, 2.75) is 4.21 Å². The Morgan fingerprint density at radius 2 is 2.09 bits per heavy atom. The molecule has 0 amide bonds. The molecule has 1 aromatic heterocycles. The van der Waals surface area contributed by atoms with Crippen molar-refractivity contribution in [2.24, 2.45) is 0 Å². The van der Waals surface area contributed by atoms with Crippen molar-refractivity contribution in [3.05, 3.63) is 14.9 Å². The summed E-state index contributed by atoms with van der Waals surface area (Å²) >= 11 is 9.56. The van der Waals surface area contributed by atoms with E-state index < -0.39 is 9.05 Å². The first-order valence-corrected chi connectivity index (χ1v) is 6.66. The zero-order valence-corrected chi connectivity index (χ0v) is 9.58. The average molecular weight is 296 g/mol. The summed E-state index contributed by atoms with van der Waals surface area (Å²) < 4.78 is 21.9. The van der Waals surface area contributed by atoms with Crippen molar-refractivity contribution in [3.8, 4) is 0 Å². The lowest BCUT2D eigenvalue weighted by atomic mass is 10.7. The monoisotopic (exact) mass is 294 g/mol. The van der Waals surface area contributed by atoms with Crippen molar-refractivity contribution >= 4 is 58.6 Å². The highest BCUT2D eigenvalue weighted by Gasteiger charge is 2.18. The molecule has 1 aromatic rings. The number of hydrogen-bond acceptors (Lipinski definition) is 3. The Labute approximate surface area is 85.7 Å². The predicted molar refractivity (Wildman–Crippen MR) is 50.1 cm³/mol. The smallest absolute Gasteiger partial charge is 0.206 e. The molecule has 0 aliphatic carbocycles. The third-order valence-electron chi connectivity index (χ3n) is 0.880. The van der Waals surface area contributed by atoms with Crippen LogP contribution in [0.15, 0.2) is 14.1 Å². The Hall–Kier alpha value is 0.710. The third kappa shape index (κ3) is 2.09. The van der Waals surface area contributed by atoms with E-state index >= 15 is 0 Å². The Balaban J connectivity index is 3.38. The van der Waals surface area contributed by atoms with Crippen LogP contribution in [0.4, 0.5) is 0 Å². The Bertz CT molecular complexity index is 369. The molecule has 0 saturated heterocycles. The predicted octanol–water partition coefficient (Wildman–Crippen LogP) is 3.09. The van der Waals surface area contributed by atoms with Gasteiger partial charge in [-0.1, -0.05) is 11.6 Å². The van der Waals surface area contributed by atoms with E-state index in [2.05, 4.69) is 15.9 Å². The molecule has 0 radical (unpaired) electrons. The normalized spacial score (nSPS) is 11.9. The maximum atomic E-state index is 10.8. The minimum absolute atomic E-state index is 0.0455. The number of halogens is 3. The molecule has 0 bridgehead atoms. The van der Waals surface area contributed by atoms with Gasteiger partial charge < -0.3 is 0 Å². The molecule has 0 aliphatic rings. The van der Waals surface area contributed by atoms with Crippen molar-refractivity contribution in [2.75, 3.05) is 0 Å². The molecule has 0 N–H and O–H groups in total. The first-order chi connectivity index (χ1) is 4.93. The highest BCUT2D eigenvalue weighted by atomic mass is 79.9. The summed E-state index contributed by atoms with van der Waals surface area (Å²) in [6.07, 6.45) is 0. The first-order valence-electron chi connectivity index (χ1n) is 2.30. The Kier molecular flexibility index (Phi) is 2.87. The van der Waals surface area contributed by atoms with E-state index in [4.69, 9.17) is 22.3 Å². The molecule has 0 saturated carbocycles. The zero-order chi connectivity index (χ0) is 8.65. The quantitative estimate of drug-likeness (QED) is 0.746. The van der Waals surface area contributed by atoms with Crippen molar-refractivity contribution in [3.63, 3.8) is 0 Å². The van der Waals surface area contributed by atoms with Crippen LogP contribution in [0.5, 0.6) is 0 Å². The highest BCUT2D eigenvalue weighted by molar-refractivity contribution is 9.10. The van der Waals surface area contributed by atoms with Crippen LogP contribution in [-0.2, 0) is 9.05 Å². The number of rotatable bonds is 1. The molecule has 1 rings (SSSR count). The third-order valence-corrected chi connectivity index (χ3v) is 5.99. The maximum absolute atomic E-state index is 10.8. The van der Waals surface area contributed by atoms with Gasteiger partial charge in [-0.3, -0.25) is 0 Å². The summed E-state index contributed by atoms with van der Waals surface area (Å²) in [5, 5.41) is 1.86. The lowest BCUT2D eigenvalue weighted by Gasteiger charge is -1.89. The lowest BCUT2D eigenvalue weighted by molar-refractivity contribution is 0.611. The fourth-order valence-corrected chi connectivity index (χ4v) is 4.30. The standard InChI is InChI=1S/C4HBrCl2O2S2/c5-3-2(6)1-10-4(3)11(7,8)9/h1H. The summed E-state index contributed by atoms with van der Waals surface area (Å²) in [6, 6.07) is 0. The van der Waals surface area contributed by atoms with Gasteiger partial charge in [0.05, 0.1) is 9.50 Å². The molecule has 0 aromatic carbocycles. The first kappa shape index (κ1) is 9.80. The average Bonchev–Trinajstić information content (AvgIpc) is 2.11. The Morgan fingerprint density at radius 1 is 1.55 bits per heavy atom. The second-order valence-corrected chi connectivity index (χ2v) is 6.46. The Morgan fingerprint density at radius 3 is 2.27 bits per heavy atom. The van der Waals surface area contributed by atoms with E-state index in [1.807, 2.05) is 0 Å². The SMILES string of the molecule is O=S(=O)(Cl)c1scc(Cl)c1Br. The van der Waals surface area contributed by atoms with E-state index in [0.717, 1.165) is 11.3 Å². The number of hydrogen-bond donors (Lipinski definition) is 0. The molecule has 1 heterocycles. The van der Waals surface area contributed by atoms with E-state index in [9.17, 15) is 8.42 Å². The minimum Gasteiger partial charge on any atom is -0.206 e. The molecule has 0 atom stereocenters. The highest BCUT2D eigenvalue weighted by Crippen LogP contribution is 2.36. The van der Waals surface area contributed by atoms with Gasteiger partial charge in [0.1, 0.15) is 0 Å². The second-order valence-electron chi connectivity index (χ2n) is 1.62. The van der Waals surface area contributed by atoms with Crippen LogP contribution in [0, 0.1) is 0 Å². The molecule has 2 nitrogen and oxygen atoms in total. The molecule has 62 valence electrons. The second kappa shape index (κ2) is 3.22. The molecular weight excluding hydrogens is 295 g/mol. The fraction of sp³-hybridized carbons (Fsp3) is 0. The molecule has 7 heteroatoms. The van der Waals surface area contributed by atoms with Crippen LogP contribution in [0.2, 0.25) is 5.02 Å². The summed E-state index contributed by atoms with van der Waals surface area (Å²) in [7, 11) is 1.42. The largest absolute Gasteiger partial charge is 0.271 e. The zero-order valence-electron chi connectivity index (χ0n) is 4.84. The van der Waals surface area contributed by atoms with Crippen LogP contribution in [-0.4, -0.2) is 8.42 Å². The van der Waals surface area contributed by atoms with Gasteiger partial charge in [0, 0.05) is 16.1 Å². The van der Waals surface area contributed by atoms with Crippen LogP contribution < -0.4 is 0 Å². The van der Waals surface area contributed by atoms with Gasteiger partial charge in [0.2, 0.25) is 0 Å². The van der Waals surface area contributed by atoms with Gasteiger partial charge >= 0.3 is 0 Å². The van der Waals surface area contributed by atoms with Crippen LogP contribution in [0.3, 0.4) is 0 Å². The van der Waals surface area contributed by atoms with Gasteiger partial charge in [0.15, 0.2) is 4.21 Å². The van der Waals surface area contributed by atoms with Gasteiger partial charge in [-0.25, -0.2) is 8.42 Å². The van der Waals surface area contributed by atoms with Gasteiger partial charge in [0.25, 0.3) is 9.05 Å². The minimum atomic E-state index is -3.65. The van der Waals surface area contributed by atoms with Gasteiger partial charge in [-0.15, -0.1) is 11.3 Å². The molecular formula is C4HBrCl2O2S2. The van der Waals surface area contributed by atoms with Crippen LogP contribution in [0.25, 0.3) is 0 Å². The van der Waals surface area contributed by atoms with E-state index in [-0.39, 0.29) is 4.21 Å². The summed E-state index contributed by atoms with van der Waals surface area (Å²) in [6.45, 7) is 0.